The molecule has 0 atom stereocenters. The molecular weight excluding hydrogens is 233 g/mol. The molecule has 2 N–H and O–H groups in total. The molecule has 4 nitrogen and oxygen atoms in total. The fraction of sp³-hybridized carbons (Fsp3) is 0.200. The molecular formula is C10H10FNO3S. The van der Waals surface area contributed by atoms with Crippen molar-refractivity contribution in [2.45, 2.75) is 0 Å². The number of methoxy groups -OCH3 is 1. The summed E-state index contributed by atoms with van der Waals surface area (Å²) in [5, 5.41) is 0. The summed E-state index contributed by atoms with van der Waals surface area (Å²) >= 11 is 4.69. The SMILES string of the molecule is COC(=O)COc1ccc(C(N)=S)cc1F. The Morgan fingerprint density at radius 1 is 1.56 bits per heavy atom. The number of halogens is 1. The third kappa shape index (κ3) is 3.16. The van der Waals surface area contributed by atoms with Crippen molar-refractivity contribution in [3.8, 4) is 5.75 Å². The molecule has 16 heavy (non-hydrogen) atoms. The van der Waals surface area contributed by atoms with Gasteiger partial charge in [-0.2, -0.15) is 0 Å². The van der Waals surface area contributed by atoms with Crippen LogP contribution in [0.25, 0.3) is 0 Å². The molecule has 0 aliphatic carbocycles. The van der Waals surface area contributed by atoms with Crippen LogP contribution >= 0.6 is 12.2 Å². The molecule has 1 rings (SSSR count). The third-order valence-electron chi connectivity index (χ3n) is 1.79. The van der Waals surface area contributed by atoms with Crippen LogP contribution in [-0.4, -0.2) is 24.7 Å². The van der Waals surface area contributed by atoms with Gasteiger partial charge in [0, 0.05) is 5.56 Å². The van der Waals surface area contributed by atoms with E-state index in [0.717, 1.165) is 6.07 Å². The van der Waals surface area contributed by atoms with E-state index in [2.05, 4.69) is 17.0 Å². The fourth-order valence-electron chi connectivity index (χ4n) is 0.967. The Labute approximate surface area is 97.1 Å². The van der Waals surface area contributed by atoms with Gasteiger partial charge in [0.05, 0.1) is 7.11 Å². The summed E-state index contributed by atoms with van der Waals surface area (Å²) in [6.45, 7) is -0.347. The van der Waals surface area contributed by atoms with Crippen LogP contribution in [0.3, 0.4) is 0 Å². The van der Waals surface area contributed by atoms with E-state index in [0.29, 0.717) is 5.56 Å². The van der Waals surface area contributed by atoms with E-state index in [1.54, 1.807) is 0 Å². The number of hydrogen-bond acceptors (Lipinski definition) is 4. The van der Waals surface area contributed by atoms with Crippen LogP contribution in [0.4, 0.5) is 4.39 Å². The maximum absolute atomic E-state index is 13.4. The quantitative estimate of drug-likeness (QED) is 0.631. The van der Waals surface area contributed by atoms with Crippen molar-refractivity contribution < 1.29 is 18.7 Å². The molecule has 6 heteroatoms. The molecule has 0 aliphatic rings. The summed E-state index contributed by atoms with van der Waals surface area (Å²) in [4.78, 5) is 10.9. The predicted octanol–water partition coefficient (Wildman–Crippen LogP) is 1.01. The highest BCUT2D eigenvalue weighted by Gasteiger charge is 2.08. The van der Waals surface area contributed by atoms with Crippen LogP contribution in [-0.2, 0) is 9.53 Å². The second-order valence-electron chi connectivity index (χ2n) is 2.87. The molecule has 1 aromatic carbocycles. The van der Waals surface area contributed by atoms with Gasteiger partial charge in [0.15, 0.2) is 18.2 Å². The maximum atomic E-state index is 13.4. The number of carbonyl (C=O) groups is 1. The second-order valence-corrected chi connectivity index (χ2v) is 3.31. The largest absolute Gasteiger partial charge is 0.479 e. The van der Waals surface area contributed by atoms with E-state index in [1.165, 1.54) is 19.2 Å². The predicted molar refractivity (Wildman–Crippen MR) is 59.8 cm³/mol. The highest BCUT2D eigenvalue weighted by molar-refractivity contribution is 7.80. The lowest BCUT2D eigenvalue weighted by molar-refractivity contribution is -0.142. The molecule has 0 heterocycles. The molecule has 0 amide bonds. The number of ether oxygens (including phenoxy) is 2. The molecule has 0 spiro atoms. The monoisotopic (exact) mass is 243 g/mol. The molecule has 0 aliphatic heterocycles. The molecule has 86 valence electrons. The van der Waals surface area contributed by atoms with E-state index < -0.39 is 11.8 Å². The third-order valence-corrected chi connectivity index (χ3v) is 2.03. The Kier molecular flexibility index (Phi) is 4.19. The fourth-order valence-corrected chi connectivity index (χ4v) is 1.09. The van der Waals surface area contributed by atoms with Gasteiger partial charge >= 0.3 is 5.97 Å². The Morgan fingerprint density at radius 3 is 2.75 bits per heavy atom. The molecule has 0 saturated heterocycles. The number of rotatable bonds is 4. The zero-order valence-corrected chi connectivity index (χ0v) is 9.34. The number of hydrogen-bond donors (Lipinski definition) is 1. The van der Waals surface area contributed by atoms with Crippen molar-refractivity contribution in [3.05, 3.63) is 29.6 Å². The van der Waals surface area contributed by atoms with E-state index in [9.17, 15) is 9.18 Å². The van der Waals surface area contributed by atoms with Crippen LogP contribution < -0.4 is 10.5 Å². The van der Waals surface area contributed by atoms with Gasteiger partial charge in [0.25, 0.3) is 0 Å². The lowest BCUT2D eigenvalue weighted by Gasteiger charge is -2.06. The van der Waals surface area contributed by atoms with Gasteiger partial charge in [0.1, 0.15) is 4.99 Å². The molecule has 0 radical (unpaired) electrons. The molecule has 0 fully saturated rings. The van der Waals surface area contributed by atoms with Crippen LogP contribution in [0.1, 0.15) is 5.56 Å². The van der Waals surface area contributed by atoms with E-state index in [4.69, 9.17) is 10.5 Å². The van der Waals surface area contributed by atoms with Gasteiger partial charge in [-0.15, -0.1) is 0 Å². The lowest BCUT2D eigenvalue weighted by atomic mass is 10.2. The Balaban J connectivity index is 2.75. The summed E-state index contributed by atoms with van der Waals surface area (Å²) < 4.78 is 22.6. The van der Waals surface area contributed by atoms with Crippen molar-refractivity contribution in [3.63, 3.8) is 0 Å². The average molecular weight is 243 g/mol. The van der Waals surface area contributed by atoms with Gasteiger partial charge in [-0.1, -0.05) is 12.2 Å². The topological polar surface area (TPSA) is 61.5 Å². The van der Waals surface area contributed by atoms with Gasteiger partial charge in [-0.05, 0) is 18.2 Å². The first-order valence-corrected chi connectivity index (χ1v) is 4.74. The van der Waals surface area contributed by atoms with Crippen LogP contribution in [0.2, 0.25) is 0 Å². The Morgan fingerprint density at radius 2 is 2.25 bits per heavy atom. The first-order chi connectivity index (χ1) is 7.54. The summed E-state index contributed by atoms with van der Waals surface area (Å²) in [7, 11) is 1.22. The van der Waals surface area contributed by atoms with Crippen molar-refractivity contribution >= 4 is 23.2 Å². The van der Waals surface area contributed by atoms with Crippen molar-refractivity contribution in [2.75, 3.05) is 13.7 Å². The molecule has 0 bridgehead atoms. The van der Waals surface area contributed by atoms with Crippen LogP contribution in [0.5, 0.6) is 5.75 Å². The highest BCUT2D eigenvalue weighted by Crippen LogP contribution is 2.18. The maximum Gasteiger partial charge on any atom is 0.343 e. The summed E-state index contributed by atoms with van der Waals surface area (Å²) in [6.07, 6.45) is 0. The standard InChI is InChI=1S/C10H10FNO3S/c1-14-9(13)5-15-8-3-2-6(10(12)16)4-7(8)11/h2-4H,5H2,1H3,(H2,12,16). The van der Waals surface area contributed by atoms with E-state index in [1.807, 2.05) is 0 Å². The number of thiocarbonyl (C=S) groups is 1. The smallest absolute Gasteiger partial charge is 0.343 e. The van der Waals surface area contributed by atoms with Crippen LogP contribution in [0.15, 0.2) is 18.2 Å². The normalized spacial score (nSPS) is 9.62. The van der Waals surface area contributed by atoms with Crippen molar-refractivity contribution in [1.29, 1.82) is 0 Å². The van der Waals surface area contributed by atoms with Crippen molar-refractivity contribution in [1.82, 2.24) is 0 Å². The average Bonchev–Trinajstić information content (AvgIpc) is 2.26. The molecule has 0 unspecified atom stereocenters. The van der Waals surface area contributed by atoms with Crippen LogP contribution in [0, 0.1) is 5.82 Å². The zero-order valence-electron chi connectivity index (χ0n) is 8.53. The van der Waals surface area contributed by atoms with E-state index in [-0.39, 0.29) is 17.3 Å². The minimum Gasteiger partial charge on any atom is -0.479 e. The lowest BCUT2D eigenvalue weighted by Crippen LogP contribution is -2.14. The van der Waals surface area contributed by atoms with Gasteiger partial charge in [-0.25, -0.2) is 9.18 Å². The minimum atomic E-state index is -0.630. The Bertz CT molecular complexity index is 423. The van der Waals surface area contributed by atoms with Crippen molar-refractivity contribution in [2.24, 2.45) is 5.73 Å². The van der Waals surface area contributed by atoms with Gasteiger partial charge < -0.3 is 15.2 Å². The summed E-state index contributed by atoms with van der Waals surface area (Å²) in [5.41, 5.74) is 5.73. The first kappa shape index (κ1) is 12.4. The van der Waals surface area contributed by atoms with Gasteiger partial charge in [-0.3, -0.25) is 0 Å². The number of nitrogens with two attached hydrogens (primary N) is 1. The Hall–Kier alpha value is -1.69. The number of benzene rings is 1. The number of esters is 1. The molecule has 0 saturated carbocycles. The second kappa shape index (κ2) is 5.41. The summed E-state index contributed by atoms with van der Waals surface area (Å²) in [5.74, 6) is -1.27. The van der Waals surface area contributed by atoms with Gasteiger partial charge in [0.2, 0.25) is 0 Å². The molecule has 1 aromatic rings. The van der Waals surface area contributed by atoms with E-state index >= 15 is 0 Å². The first-order valence-electron chi connectivity index (χ1n) is 4.33. The highest BCUT2D eigenvalue weighted by atomic mass is 32.1. The number of carbonyl (C=O) groups excluding carboxylic acids is 1. The minimum absolute atomic E-state index is 0.0506. The zero-order chi connectivity index (χ0) is 12.1. The summed E-state index contributed by atoms with van der Waals surface area (Å²) in [6, 6.07) is 4.01. The molecule has 0 aromatic heterocycles.